The van der Waals surface area contributed by atoms with E-state index in [0.717, 1.165) is 23.3 Å². The first-order valence-corrected chi connectivity index (χ1v) is 13.5. The Hall–Kier alpha value is -1.51. The van der Waals surface area contributed by atoms with E-state index in [4.69, 9.17) is 9.47 Å². The van der Waals surface area contributed by atoms with Crippen molar-refractivity contribution in [2.45, 2.75) is 130 Å². The molecule has 0 saturated carbocycles. The van der Waals surface area contributed by atoms with Crippen LogP contribution in [0, 0.1) is 13.8 Å². The average Bonchev–Trinajstić information content (AvgIpc) is 2.78. The lowest BCUT2D eigenvalue weighted by Crippen LogP contribution is -2.07. The number of benzene rings is 1. The summed E-state index contributed by atoms with van der Waals surface area (Å²) in [5.74, 6) is 0.539. The molecule has 0 radical (unpaired) electrons. The van der Waals surface area contributed by atoms with Gasteiger partial charge in [-0.1, -0.05) is 103 Å². The Morgan fingerprint density at radius 2 is 1.16 bits per heavy atom. The summed E-state index contributed by atoms with van der Waals surface area (Å²) in [5.41, 5.74) is 2.75. The van der Waals surface area contributed by atoms with E-state index >= 15 is 0 Å². The van der Waals surface area contributed by atoms with Crippen LogP contribution >= 0.6 is 0 Å². The largest absolute Gasteiger partial charge is 0.493 e. The van der Waals surface area contributed by atoms with Gasteiger partial charge in [-0.3, -0.25) is 0 Å². The number of ether oxygens (including phenoxy) is 2. The molecule has 0 aliphatic heterocycles. The molecule has 0 atom stereocenters. The molecule has 0 fully saturated rings. The second kappa shape index (κ2) is 19.0. The highest BCUT2D eigenvalue weighted by molar-refractivity contribution is 5.90. The van der Waals surface area contributed by atoms with E-state index in [1.807, 2.05) is 32.9 Å². The Balaban J connectivity index is 2.00. The van der Waals surface area contributed by atoms with Gasteiger partial charge in [-0.2, -0.15) is 0 Å². The number of aryl methyl sites for hydroxylation is 1. The van der Waals surface area contributed by atoms with Crippen LogP contribution in [0.15, 0.2) is 12.1 Å². The maximum atomic E-state index is 12.0. The minimum Gasteiger partial charge on any atom is -0.493 e. The maximum absolute atomic E-state index is 12.0. The molecule has 1 aromatic rings. The number of esters is 1. The summed E-state index contributed by atoms with van der Waals surface area (Å²) in [5, 5.41) is 0. The molecule has 0 unspecified atom stereocenters. The van der Waals surface area contributed by atoms with Gasteiger partial charge in [0.25, 0.3) is 0 Å². The highest BCUT2D eigenvalue weighted by atomic mass is 16.5. The normalized spacial score (nSPS) is 11.0. The van der Waals surface area contributed by atoms with Gasteiger partial charge in [-0.25, -0.2) is 4.79 Å². The van der Waals surface area contributed by atoms with Crippen molar-refractivity contribution in [2.75, 3.05) is 13.2 Å². The first-order chi connectivity index (χ1) is 15.6. The molecule has 3 nitrogen and oxygen atoms in total. The molecule has 32 heavy (non-hydrogen) atoms. The summed E-state index contributed by atoms with van der Waals surface area (Å²) in [4.78, 5) is 12.0. The fraction of sp³-hybridized carbons (Fsp3) is 0.759. The molecule has 184 valence electrons. The molecule has 0 spiro atoms. The van der Waals surface area contributed by atoms with Crippen LogP contribution < -0.4 is 4.74 Å². The van der Waals surface area contributed by atoms with Gasteiger partial charge in [-0.05, 0) is 50.5 Å². The molecule has 1 rings (SSSR count). The lowest BCUT2D eigenvalue weighted by molar-refractivity contribution is 0.0525. The van der Waals surface area contributed by atoms with E-state index in [2.05, 4.69) is 6.92 Å². The summed E-state index contributed by atoms with van der Waals surface area (Å²) in [6, 6.07) is 3.71. The summed E-state index contributed by atoms with van der Waals surface area (Å²) in [7, 11) is 0. The van der Waals surface area contributed by atoms with Crippen LogP contribution in [0.4, 0.5) is 0 Å². The SMILES string of the molecule is CCCCCCCCCCCCCCCCCCOc1cc(C(=O)OCC)cc(C)c1C. The molecule has 0 aromatic heterocycles. The van der Waals surface area contributed by atoms with E-state index < -0.39 is 0 Å². The van der Waals surface area contributed by atoms with Gasteiger partial charge < -0.3 is 9.47 Å². The van der Waals surface area contributed by atoms with Crippen LogP contribution in [0.5, 0.6) is 5.75 Å². The summed E-state index contributed by atoms with van der Waals surface area (Å²) >= 11 is 0. The number of hydrogen-bond donors (Lipinski definition) is 0. The molecule has 0 aliphatic carbocycles. The van der Waals surface area contributed by atoms with Crippen molar-refractivity contribution in [1.82, 2.24) is 0 Å². The molecule has 3 heteroatoms. The smallest absolute Gasteiger partial charge is 0.338 e. The molecule has 0 heterocycles. The summed E-state index contributed by atoms with van der Waals surface area (Å²) in [6.07, 6.45) is 21.9. The van der Waals surface area contributed by atoms with Gasteiger partial charge >= 0.3 is 5.97 Å². The molecule has 0 saturated heterocycles. The van der Waals surface area contributed by atoms with E-state index in [1.54, 1.807) is 0 Å². The van der Waals surface area contributed by atoms with Gasteiger partial charge in [0.15, 0.2) is 0 Å². The minimum atomic E-state index is -0.275. The van der Waals surface area contributed by atoms with Gasteiger partial charge in [-0.15, -0.1) is 0 Å². The molecule has 0 bridgehead atoms. The number of hydrogen-bond acceptors (Lipinski definition) is 3. The lowest BCUT2D eigenvalue weighted by Gasteiger charge is -2.13. The van der Waals surface area contributed by atoms with Crippen molar-refractivity contribution in [2.24, 2.45) is 0 Å². The van der Waals surface area contributed by atoms with Crippen molar-refractivity contribution in [3.8, 4) is 5.75 Å². The van der Waals surface area contributed by atoms with Crippen LogP contribution in [0.1, 0.15) is 138 Å². The van der Waals surface area contributed by atoms with Gasteiger partial charge in [0.05, 0.1) is 18.8 Å². The second-order valence-corrected chi connectivity index (χ2v) is 9.29. The van der Waals surface area contributed by atoms with Crippen LogP contribution in [0.3, 0.4) is 0 Å². The second-order valence-electron chi connectivity index (χ2n) is 9.29. The topological polar surface area (TPSA) is 35.5 Å². The third-order valence-corrected chi connectivity index (χ3v) is 6.39. The van der Waals surface area contributed by atoms with Crippen molar-refractivity contribution in [1.29, 1.82) is 0 Å². The zero-order chi connectivity index (χ0) is 23.4. The summed E-state index contributed by atoms with van der Waals surface area (Å²) < 4.78 is 11.1. The highest BCUT2D eigenvalue weighted by Crippen LogP contribution is 2.24. The van der Waals surface area contributed by atoms with E-state index in [0.29, 0.717) is 18.8 Å². The monoisotopic (exact) mass is 446 g/mol. The van der Waals surface area contributed by atoms with Gasteiger partial charge in [0.2, 0.25) is 0 Å². The predicted molar refractivity (Wildman–Crippen MR) is 137 cm³/mol. The highest BCUT2D eigenvalue weighted by Gasteiger charge is 2.12. The van der Waals surface area contributed by atoms with Crippen molar-refractivity contribution < 1.29 is 14.3 Å². The summed E-state index contributed by atoms with van der Waals surface area (Å²) in [6.45, 7) is 9.28. The van der Waals surface area contributed by atoms with Crippen LogP contribution in [0.2, 0.25) is 0 Å². The number of rotatable bonds is 20. The third-order valence-electron chi connectivity index (χ3n) is 6.39. The molecule has 0 aliphatic rings. The third kappa shape index (κ3) is 13.1. The number of unbranched alkanes of at least 4 members (excludes halogenated alkanes) is 15. The van der Waals surface area contributed by atoms with Crippen molar-refractivity contribution in [3.05, 3.63) is 28.8 Å². The van der Waals surface area contributed by atoms with E-state index in [-0.39, 0.29) is 5.97 Å². The predicted octanol–water partition coefficient (Wildman–Crippen LogP) is 9.12. The molecule has 0 N–H and O–H groups in total. The van der Waals surface area contributed by atoms with Crippen LogP contribution in [-0.4, -0.2) is 19.2 Å². The fourth-order valence-electron chi connectivity index (χ4n) is 4.14. The van der Waals surface area contributed by atoms with E-state index in [9.17, 15) is 4.79 Å². The zero-order valence-corrected chi connectivity index (χ0v) is 21.6. The van der Waals surface area contributed by atoms with E-state index in [1.165, 1.54) is 96.3 Å². The Bertz CT molecular complexity index is 609. The lowest BCUT2D eigenvalue weighted by atomic mass is 10.0. The minimum absolute atomic E-state index is 0.275. The Morgan fingerprint density at radius 3 is 1.62 bits per heavy atom. The van der Waals surface area contributed by atoms with Crippen molar-refractivity contribution in [3.63, 3.8) is 0 Å². The van der Waals surface area contributed by atoms with Crippen LogP contribution in [-0.2, 0) is 4.74 Å². The number of carbonyl (C=O) groups excluding carboxylic acids is 1. The molecular weight excluding hydrogens is 396 g/mol. The fourth-order valence-corrected chi connectivity index (χ4v) is 4.14. The maximum Gasteiger partial charge on any atom is 0.338 e. The zero-order valence-electron chi connectivity index (χ0n) is 21.6. The Morgan fingerprint density at radius 1 is 0.688 bits per heavy atom. The standard InChI is InChI=1S/C29H50O3/c1-5-7-8-9-10-11-12-13-14-15-16-17-18-19-20-21-22-32-28-24-27(29(30)31-6-2)23-25(3)26(28)4/h23-24H,5-22H2,1-4H3. The van der Waals surface area contributed by atoms with Gasteiger partial charge in [0, 0.05) is 0 Å². The first kappa shape index (κ1) is 28.5. The van der Waals surface area contributed by atoms with Crippen LogP contribution in [0.25, 0.3) is 0 Å². The Labute approximate surface area is 198 Å². The molecular formula is C29H50O3. The molecule has 1 aromatic carbocycles. The Kier molecular flexibility index (Phi) is 16.9. The quantitative estimate of drug-likeness (QED) is 0.148. The van der Waals surface area contributed by atoms with Crippen molar-refractivity contribution >= 4 is 5.97 Å². The number of carbonyl (C=O) groups is 1. The molecule has 0 amide bonds. The first-order valence-electron chi connectivity index (χ1n) is 13.5. The van der Waals surface area contributed by atoms with Gasteiger partial charge in [0.1, 0.15) is 5.75 Å². The average molecular weight is 447 g/mol.